The highest BCUT2D eigenvalue weighted by Crippen LogP contribution is 2.20. The summed E-state index contributed by atoms with van der Waals surface area (Å²) in [6, 6.07) is 8.27. The fraction of sp³-hybridized carbons (Fsp3) is 0.0714. The predicted octanol–water partition coefficient (Wildman–Crippen LogP) is 3.81. The zero-order chi connectivity index (χ0) is 14.0. The van der Waals surface area contributed by atoms with Crippen LogP contribution in [0.4, 0.5) is 14.5 Å². The van der Waals surface area contributed by atoms with Crippen molar-refractivity contribution in [2.24, 2.45) is 0 Å². The van der Waals surface area contributed by atoms with E-state index in [1.54, 1.807) is 19.1 Å². The second kappa shape index (κ2) is 5.40. The van der Waals surface area contributed by atoms with Gasteiger partial charge in [0, 0.05) is 10.5 Å². The molecule has 1 amide bonds. The van der Waals surface area contributed by atoms with Gasteiger partial charge in [0.15, 0.2) is 0 Å². The zero-order valence-electron chi connectivity index (χ0n) is 10.1. The van der Waals surface area contributed by atoms with Crippen molar-refractivity contribution in [2.75, 3.05) is 5.32 Å². The van der Waals surface area contributed by atoms with Crippen LogP contribution < -0.4 is 5.32 Å². The summed E-state index contributed by atoms with van der Waals surface area (Å²) in [5, 5.41) is 2.47. The van der Waals surface area contributed by atoms with Gasteiger partial charge in [-0.05, 0) is 36.8 Å². The lowest BCUT2D eigenvalue weighted by Crippen LogP contribution is -2.14. The lowest BCUT2D eigenvalue weighted by atomic mass is 10.1. The van der Waals surface area contributed by atoms with E-state index >= 15 is 0 Å². The normalized spacial score (nSPS) is 10.3. The van der Waals surface area contributed by atoms with Crippen LogP contribution in [0.25, 0.3) is 0 Å². The van der Waals surface area contributed by atoms with Gasteiger partial charge >= 0.3 is 0 Å². The van der Waals surface area contributed by atoms with Crippen LogP contribution in [0.15, 0.2) is 41.3 Å². The third-order valence-electron chi connectivity index (χ3n) is 2.67. The van der Waals surface area contributed by atoms with Crippen LogP contribution in [0.2, 0.25) is 0 Å². The summed E-state index contributed by atoms with van der Waals surface area (Å²) in [7, 11) is 0. The van der Waals surface area contributed by atoms with Crippen molar-refractivity contribution in [1.29, 1.82) is 0 Å². The summed E-state index contributed by atoms with van der Waals surface area (Å²) in [5.41, 5.74) is 0.952. The maximum absolute atomic E-state index is 13.6. The zero-order valence-corrected chi connectivity index (χ0v) is 11.0. The van der Waals surface area contributed by atoms with E-state index in [9.17, 15) is 13.6 Å². The second-order valence-corrected chi connectivity index (χ2v) is 4.53. The Morgan fingerprint density at radius 1 is 1.16 bits per heavy atom. The summed E-state index contributed by atoms with van der Waals surface area (Å²) in [5.74, 6) is -1.54. The van der Waals surface area contributed by atoms with Crippen LogP contribution in [0.3, 0.4) is 0 Å². The molecule has 0 unspecified atom stereocenters. The molecule has 0 aromatic heterocycles. The van der Waals surface area contributed by atoms with E-state index in [0.717, 1.165) is 6.07 Å². The molecular formula is C14H11F2NOS. The number of thiol groups is 1. The molecule has 2 rings (SSSR count). The van der Waals surface area contributed by atoms with Crippen molar-refractivity contribution in [2.45, 2.75) is 11.8 Å². The van der Waals surface area contributed by atoms with E-state index in [0.29, 0.717) is 5.56 Å². The minimum Gasteiger partial charge on any atom is -0.319 e. The van der Waals surface area contributed by atoms with Crippen molar-refractivity contribution in [3.05, 3.63) is 59.2 Å². The highest BCUT2D eigenvalue weighted by molar-refractivity contribution is 7.80. The van der Waals surface area contributed by atoms with Gasteiger partial charge in [-0.2, -0.15) is 0 Å². The number of carbonyl (C=O) groups excluding carboxylic acids is 1. The largest absolute Gasteiger partial charge is 0.319 e. The van der Waals surface area contributed by atoms with Crippen LogP contribution in [0.5, 0.6) is 0 Å². The number of anilines is 1. The van der Waals surface area contributed by atoms with E-state index in [4.69, 9.17) is 0 Å². The SMILES string of the molecule is Cc1cccc(F)c1NC(=O)c1ccc(F)c(S)c1. The third-order valence-corrected chi connectivity index (χ3v) is 3.01. The summed E-state index contributed by atoms with van der Waals surface area (Å²) in [6.45, 7) is 1.69. The molecule has 0 bridgehead atoms. The average molecular weight is 279 g/mol. The molecule has 0 aliphatic carbocycles. The van der Waals surface area contributed by atoms with Crippen LogP contribution >= 0.6 is 12.6 Å². The molecule has 0 heterocycles. The molecule has 0 aliphatic rings. The van der Waals surface area contributed by atoms with Gasteiger partial charge in [0.05, 0.1) is 5.69 Å². The number of aryl methyl sites for hydroxylation is 1. The first-order valence-electron chi connectivity index (χ1n) is 5.54. The first kappa shape index (κ1) is 13.5. The van der Waals surface area contributed by atoms with E-state index < -0.39 is 17.5 Å². The molecule has 1 N–H and O–H groups in total. The topological polar surface area (TPSA) is 29.1 Å². The van der Waals surface area contributed by atoms with E-state index in [2.05, 4.69) is 17.9 Å². The first-order valence-corrected chi connectivity index (χ1v) is 5.98. The monoisotopic (exact) mass is 279 g/mol. The smallest absolute Gasteiger partial charge is 0.255 e. The molecule has 0 saturated heterocycles. The highest BCUT2D eigenvalue weighted by Gasteiger charge is 2.12. The third kappa shape index (κ3) is 2.93. The first-order chi connectivity index (χ1) is 8.99. The molecule has 0 aliphatic heterocycles. The van der Waals surface area contributed by atoms with Crippen LogP contribution in [-0.4, -0.2) is 5.91 Å². The summed E-state index contributed by atoms with van der Waals surface area (Å²) in [6.07, 6.45) is 0. The maximum atomic E-state index is 13.6. The number of hydrogen-bond donors (Lipinski definition) is 2. The van der Waals surface area contributed by atoms with Crippen molar-refractivity contribution < 1.29 is 13.6 Å². The van der Waals surface area contributed by atoms with Crippen molar-refractivity contribution >= 4 is 24.2 Å². The average Bonchev–Trinajstić information content (AvgIpc) is 2.37. The quantitative estimate of drug-likeness (QED) is 0.804. The lowest BCUT2D eigenvalue weighted by Gasteiger charge is -2.09. The Morgan fingerprint density at radius 3 is 2.53 bits per heavy atom. The van der Waals surface area contributed by atoms with Crippen molar-refractivity contribution in [3.63, 3.8) is 0 Å². The Hall–Kier alpha value is -1.88. The molecule has 98 valence electrons. The summed E-state index contributed by atoms with van der Waals surface area (Å²) < 4.78 is 26.6. The van der Waals surface area contributed by atoms with Crippen molar-refractivity contribution in [1.82, 2.24) is 0 Å². The molecule has 0 radical (unpaired) electrons. The van der Waals surface area contributed by atoms with E-state index in [1.807, 2.05) is 0 Å². The van der Waals surface area contributed by atoms with Gasteiger partial charge in [-0.15, -0.1) is 12.6 Å². The summed E-state index contributed by atoms with van der Waals surface area (Å²) >= 11 is 3.90. The fourth-order valence-corrected chi connectivity index (χ4v) is 1.84. The number of rotatable bonds is 2. The van der Waals surface area contributed by atoms with Gasteiger partial charge in [0.25, 0.3) is 5.91 Å². The van der Waals surface area contributed by atoms with E-state index in [-0.39, 0.29) is 16.1 Å². The molecule has 0 spiro atoms. The Labute approximate surface area is 114 Å². The Bertz CT molecular complexity index is 623. The highest BCUT2D eigenvalue weighted by atomic mass is 32.1. The van der Waals surface area contributed by atoms with Crippen LogP contribution in [0, 0.1) is 18.6 Å². The number of halogens is 2. The Kier molecular flexibility index (Phi) is 3.85. The molecule has 0 saturated carbocycles. The molecule has 2 aromatic rings. The van der Waals surface area contributed by atoms with Gasteiger partial charge in [-0.1, -0.05) is 12.1 Å². The summed E-state index contributed by atoms with van der Waals surface area (Å²) in [4.78, 5) is 12.0. The minimum absolute atomic E-state index is 0.0675. The standard InChI is InChI=1S/C14H11F2NOS/c1-8-3-2-4-11(16)13(8)17-14(18)9-5-6-10(15)12(19)7-9/h2-7,19H,1H3,(H,17,18). The molecular weight excluding hydrogens is 268 g/mol. The van der Waals surface area contributed by atoms with Gasteiger partial charge in [-0.25, -0.2) is 8.78 Å². The van der Waals surface area contributed by atoms with Crippen molar-refractivity contribution in [3.8, 4) is 0 Å². The Balaban J connectivity index is 2.28. The number of benzene rings is 2. The molecule has 0 atom stereocenters. The molecule has 2 nitrogen and oxygen atoms in total. The number of para-hydroxylation sites is 1. The number of carbonyl (C=O) groups is 1. The van der Waals surface area contributed by atoms with Gasteiger partial charge < -0.3 is 5.32 Å². The van der Waals surface area contributed by atoms with Gasteiger partial charge in [0.1, 0.15) is 11.6 Å². The predicted molar refractivity (Wildman–Crippen MR) is 72.7 cm³/mol. The van der Waals surface area contributed by atoms with Crippen LogP contribution in [-0.2, 0) is 0 Å². The molecule has 2 aromatic carbocycles. The fourth-order valence-electron chi connectivity index (χ4n) is 1.63. The molecule has 0 fully saturated rings. The maximum Gasteiger partial charge on any atom is 0.255 e. The second-order valence-electron chi connectivity index (χ2n) is 4.05. The number of amides is 1. The molecule has 5 heteroatoms. The minimum atomic E-state index is -0.512. The van der Waals surface area contributed by atoms with E-state index in [1.165, 1.54) is 18.2 Å². The lowest BCUT2D eigenvalue weighted by molar-refractivity contribution is 0.102. The molecule has 19 heavy (non-hydrogen) atoms. The van der Waals surface area contributed by atoms with Gasteiger partial charge in [0.2, 0.25) is 0 Å². The van der Waals surface area contributed by atoms with Crippen LogP contribution in [0.1, 0.15) is 15.9 Å². The number of hydrogen-bond acceptors (Lipinski definition) is 2. The number of nitrogens with one attached hydrogen (secondary N) is 1. The Morgan fingerprint density at radius 2 is 1.89 bits per heavy atom. The van der Waals surface area contributed by atoms with Gasteiger partial charge in [-0.3, -0.25) is 4.79 Å².